The molecule has 0 aromatic carbocycles. The summed E-state index contributed by atoms with van der Waals surface area (Å²) in [6.07, 6.45) is -0.870. The molecule has 1 saturated heterocycles. The van der Waals surface area contributed by atoms with E-state index in [4.69, 9.17) is 5.11 Å². The van der Waals surface area contributed by atoms with E-state index in [1.807, 2.05) is 0 Å². The van der Waals surface area contributed by atoms with E-state index >= 15 is 0 Å². The van der Waals surface area contributed by atoms with Gasteiger partial charge in [0.05, 0.1) is 6.10 Å². The molecular weight excluding hydrogens is 254 g/mol. The number of aromatic nitrogens is 2. The van der Waals surface area contributed by atoms with Crippen LogP contribution in [-0.2, 0) is 11.8 Å². The first-order valence-corrected chi connectivity index (χ1v) is 5.66. The van der Waals surface area contributed by atoms with Gasteiger partial charge in [0, 0.05) is 26.1 Å². The number of aryl methyl sites for hydroxylation is 1. The molecule has 8 heteroatoms. The van der Waals surface area contributed by atoms with Crippen molar-refractivity contribution in [2.75, 3.05) is 6.54 Å². The fraction of sp³-hybridized carbons (Fsp3) is 0.455. The maximum atomic E-state index is 12.1. The van der Waals surface area contributed by atoms with Crippen molar-refractivity contribution in [2.24, 2.45) is 7.05 Å². The van der Waals surface area contributed by atoms with Gasteiger partial charge in [0.25, 0.3) is 11.5 Å². The number of aliphatic hydroxyl groups excluding tert-OH is 1. The lowest BCUT2D eigenvalue weighted by Gasteiger charge is -2.20. The van der Waals surface area contributed by atoms with Gasteiger partial charge in [-0.3, -0.25) is 9.59 Å². The van der Waals surface area contributed by atoms with E-state index in [1.165, 1.54) is 19.2 Å². The number of β-amino-alcohol motifs (C(OH)–C–C–N with tert-alkyl or cyclic N) is 1. The number of carbonyl (C=O) groups is 2. The summed E-state index contributed by atoms with van der Waals surface area (Å²) in [5.74, 6) is -1.78. The maximum absolute atomic E-state index is 12.1. The minimum absolute atomic E-state index is 0.00711. The number of hydrogen-bond donors (Lipinski definition) is 2. The molecule has 8 nitrogen and oxygen atoms in total. The molecule has 1 aromatic rings. The average molecular weight is 267 g/mol. The zero-order valence-electron chi connectivity index (χ0n) is 10.2. The fourth-order valence-corrected chi connectivity index (χ4v) is 2.04. The van der Waals surface area contributed by atoms with Crippen LogP contribution in [0.1, 0.15) is 16.9 Å². The Labute approximate surface area is 107 Å². The second kappa shape index (κ2) is 4.81. The van der Waals surface area contributed by atoms with Gasteiger partial charge >= 0.3 is 5.97 Å². The highest BCUT2D eigenvalue weighted by Crippen LogP contribution is 2.20. The molecular formula is C11H13N3O5. The summed E-state index contributed by atoms with van der Waals surface area (Å²) in [7, 11) is 1.40. The minimum atomic E-state index is -1.17. The molecule has 2 atom stereocenters. The quantitative estimate of drug-likeness (QED) is 0.670. The van der Waals surface area contributed by atoms with Crippen molar-refractivity contribution in [1.82, 2.24) is 14.7 Å². The normalized spacial score (nSPS) is 22.5. The van der Waals surface area contributed by atoms with Crippen LogP contribution in [0.4, 0.5) is 0 Å². The van der Waals surface area contributed by atoms with Crippen LogP contribution in [0.2, 0.25) is 0 Å². The van der Waals surface area contributed by atoms with Gasteiger partial charge in [0.2, 0.25) is 0 Å². The molecule has 19 heavy (non-hydrogen) atoms. The predicted octanol–water partition coefficient (Wildman–Crippen LogP) is -1.56. The Bertz CT molecular complexity index is 582. The highest BCUT2D eigenvalue weighted by molar-refractivity contribution is 5.95. The largest absolute Gasteiger partial charge is 0.480 e. The van der Waals surface area contributed by atoms with Crippen molar-refractivity contribution in [3.8, 4) is 0 Å². The van der Waals surface area contributed by atoms with E-state index in [-0.39, 0.29) is 24.2 Å². The van der Waals surface area contributed by atoms with Crippen LogP contribution in [0, 0.1) is 0 Å². The number of carbonyl (C=O) groups excluding carboxylic acids is 1. The van der Waals surface area contributed by atoms with Crippen molar-refractivity contribution in [1.29, 1.82) is 0 Å². The second-order valence-corrected chi connectivity index (χ2v) is 4.38. The monoisotopic (exact) mass is 267 g/mol. The molecule has 2 heterocycles. The highest BCUT2D eigenvalue weighted by Gasteiger charge is 2.39. The van der Waals surface area contributed by atoms with Crippen molar-refractivity contribution in [2.45, 2.75) is 18.6 Å². The molecule has 1 fully saturated rings. The number of carboxylic acid groups (broad SMARTS) is 1. The number of amides is 1. The van der Waals surface area contributed by atoms with Gasteiger partial charge in [-0.25, -0.2) is 9.48 Å². The third-order valence-corrected chi connectivity index (χ3v) is 3.00. The summed E-state index contributed by atoms with van der Waals surface area (Å²) in [5, 5.41) is 22.3. The molecule has 2 rings (SSSR count). The Kier molecular flexibility index (Phi) is 3.34. The van der Waals surface area contributed by atoms with Crippen LogP contribution >= 0.6 is 0 Å². The molecule has 2 N–H and O–H groups in total. The van der Waals surface area contributed by atoms with E-state index < -0.39 is 24.0 Å². The minimum Gasteiger partial charge on any atom is -0.480 e. The van der Waals surface area contributed by atoms with Gasteiger partial charge in [0.1, 0.15) is 11.7 Å². The highest BCUT2D eigenvalue weighted by atomic mass is 16.4. The molecule has 0 unspecified atom stereocenters. The van der Waals surface area contributed by atoms with Gasteiger partial charge in [-0.2, -0.15) is 5.10 Å². The first kappa shape index (κ1) is 13.2. The predicted molar refractivity (Wildman–Crippen MR) is 62.6 cm³/mol. The van der Waals surface area contributed by atoms with Crippen LogP contribution in [-0.4, -0.2) is 55.5 Å². The molecule has 0 bridgehead atoms. The number of hydrogen-bond acceptors (Lipinski definition) is 5. The number of aliphatic carboxylic acids is 1. The standard InChI is InChI=1S/C11H13N3O5/c1-13-9(16)3-2-7(12-13)10(17)14-5-6(15)4-8(14)11(18)19/h2-3,6,8,15H,4-5H2,1H3,(H,18,19)/t6-,8+/m1/s1. The maximum Gasteiger partial charge on any atom is 0.326 e. The molecule has 102 valence electrons. The first-order chi connectivity index (χ1) is 8.90. The summed E-state index contributed by atoms with van der Waals surface area (Å²) in [5.41, 5.74) is -0.393. The van der Waals surface area contributed by atoms with E-state index in [1.54, 1.807) is 0 Å². The lowest BCUT2D eigenvalue weighted by Crippen LogP contribution is -2.41. The summed E-state index contributed by atoms with van der Waals surface area (Å²) < 4.78 is 0.996. The van der Waals surface area contributed by atoms with Gasteiger partial charge < -0.3 is 15.1 Å². The number of nitrogens with zero attached hydrogens (tertiary/aromatic N) is 3. The van der Waals surface area contributed by atoms with Crippen molar-refractivity contribution in [3.63, 3.8) is 0 Å². The first-order valence-electron chi connectivity index (χ1n) is 5.66. The molecule has 0 radical (unpaired) electrons. The molecule has 0 aliphatic carbocycles. The number of likely N-dealkylation sites (tertiary alicyclic amines) is 1. The zero-order valence-corrected chi connectivity index (χ0v) is 10.2. The third-order valence-electron chi connectivity index (χ3n) is 3.00. The van der Waals surface area contributed by atoms with Crippen LogP contribution in [0.15, 0.2) is 16.9 Å². The van der Waals surface area contributed by atoms with Gasteiger partial charge in [-0.05, 0) is 6.07 Å². The van der Waals surface area contributed by atoms with Crippen LogP contribution in [0.25, 0.3) is 0 Å². The van der Waals surface area contributed by atoms with Gasteiger partial charge in [-0.15, -0.1) is 0 Å². The zero-order chi connectivity index (χ0) is 14.2. The molecule has 1 aliphatic rings. The molecule has 0 spiro atoms. The Morgan fingerprint density at radius 1 is 1.42 bits per heavy atom. The van der Waals surface area contributed by atoms with Crippen molar-refractivity contribution < 1.29 is 19.8 Å². The van der Waals surface area contributed by atoms with E-state index in [0.717, 1.165) is 9.58 Å². The van der Waals surface area contributed by atoms with Crippen LogP contribution in [0.5, 0.6) is 0 Å². The lowest BCUT2D eigenvalue weighted by atomic mass is 10.2. The summed E-state index contributed by atoms with van der Waals surface area (Å²) in [6, 6.07) is 1.36. The van der Waals surface area contributed by atoms with Crippen LogP contribution in [0.3, 0.4) is 0 Å². The second-order valence-electron chi connectivity index (χ2n) is 4.38. The fourth-order valence-electron chi connectivity index (χ4n) is 2.04. The third kappa shape index (κ3) is 2.48. The number of rotatable bonds is 2. The molecule has 1 aliphatic heterocycles. The Hall–Kier alpha value is -2.22. The molecule has 0 saturated carbocycles. The average Bonchev–Trinajstić information content (AvgIpc) is 2.74. The molecule has 1 aromatic heterocycles. The van der Waals surface area contributed by atoms with Gasteiger partial charge in [0.15, 0.2) is 0 Å². The van der Waals surface area contributed by atoms with Crippen LogP contribution < -0.4 is 5.56 Å². The van der Waals surface area contributed by atoms with Crippen molar-refractivity contribution >= 4 is 11.9 Å². The summed E-state index contributed by atoms with van der Waals surface area (Å²) in [4.78, 5) is 35.4. The number of aliphatic hydroxyl groups is 1. The smallest absolute Gasteiger partial charge is 0.326 e. The topological polar surface area (TPSA) is 113 Å². The number of carboxylic acids is 1. The van der Waals surface area contributed by atoms with E-state index in [2.05, 4.69) is 5.10 Å². The SMILES string of the molecule is Cn1nc(C(=O)N2C[C@H](O)C[C@H]2C(=O)O)ccc1=O. The lowest BCUT2D eigenvalue weighted by molar-refractivity contribution is -0.141. The van der Waals surface area contributed by atoms with E-state index in [0.29, 0.717) is 0 Å². The van der Waals surface area contributed by atoms with E-state index in [9.17, 15) is 19.5 Å². The Balaban J connectivity index is 2.30. The Morgan fingerprint density at radius 2 is 2.11 bits per heavy atom. The molecule has 1 amide bonds. The summed E-state index contributed by atoms with van der Waals surface area (Å²) >= 11 is 0. The van der Waals surface area contributed by atoms with Crippen molar-refractivity contribution in [3.05, 3.63) is 28.2 Å². The van der Waals surface area contributed by atoms with Gasteiger partial charge in [-0.1, -0.05) is 0 Å². The summed E-state index contributed by atoms with van der Waals surface area (Å²) in [6.45, 7) is -0.0552. The Morgan fingerprint density at radius 3 is 2.68 bits per heavy atom.